The lowest BCUT2D eigenvalue weighted by Gasteiger charge is -2.11. The highest BCUT2D eigenvalue weighted by molar-refractivity contribution is 7.90. The first kappa shape index (κ1) is 15.1. The molecular weight excluding hydrogens is 252 g/mol. The van der Waals surface area contributed by atoms with Crippen LogP contribution in [0.3, 0.4) is 0 Å². The van der Waals surface area contributed by atoms with Crippen LogP contribution in [0.5, 0.6) is 0 Å². The van der Waals surface area contributed by atoms with Gasteiger partial charge in [0.2, 0.25) is 0 Å². The van der Waals surface area contributed by atoms with E-state index in [-0.39, 0.29) is 17.4 Å². The van der Waals surface area contributed by atoms with Crippen LogP contribution in [0.4, 0.5) is 0 Å². The number of rotatable bonds is 7. The molecule has 0 amide bonds. The maximum atomic E-state index is 12.0. The summed E-state index contributed by atoms with van der Waals surface area (Å²) in [5.41, 5.74) is 5.45. The van der Waals surface area contributed by atoms with E-state index in [1.165, 1.54) is 6.33 Å². The van der Waals surface area contributed by atoms with E-state index in [2.05, 4.69) is 23.9 Å². The minimum Gasteiger partial charge on any atom is -0.330 e. The fourth-order valence-corrected chi connectivity index (χ4v) is 3.39. The third-order valence-electron chi connectivity index (χ3n) is 2.52. The molecule has 1 unspecified atom stereocenters. The number of sulfone groups is 1. The molecule has 6 nitrogen and oxygen atoms in total. The Balaban J connectivity index is 2.75. The van der Waals surface area contributed by atoms with Gasteiger partial charge in [0.15, 0.2) is 9.84 Å². The Kier molecular flexibility index (Phi) is 5.28. The molecule has 0 aliphatic carbocycles. The van der Waals surface area contributed by atoms with Gasteiger partial charge in [-0.05, 0) is 18.4 Å². The van der Waals surface area contributed by atoms with E-state index in [0.717, 1.165) is 0 Å². The standard InChI is InChI=1S/C11H22N4O2S/c1-9(2)5-15-11(13-8-14-15)7-18(16,17)6-10(3)4-12/h8-10H,4-7,12H2,1-3H3. The van der Waals surface area contributed by atoms with Crippen molar-refractivity contribution in [3.63, 3.8) is 0 Å². The predicted octanol–water partition coefficient (Wildman–Crippen LogP) is 0.444. The molecule has 1 aromatic rings. The predicted molar refractivity (Wildman–Crippen MR) is 70.6 cm³/mol. The summed E-state index contributed by atoms with van der Waals surface area (Å²) in [6.07, 6.45) is 1.40. The molecule has 0 aliphatic heterocycles. The van der Waals surface area contributed by atoms with Crippen molar-refractivity contribution in [2.45, 2.75) is 33.1 Å². The van der Waals surface area contributed by atoms with Gasteiger partial charge in [0.05, 0.1) is 5.75 Å². The highest BCUT2D eigenvalue weighted by Gasteiger charge is 2.19. The van der Waals surface area contributed by atoms with Crippen molar-refractivity contribution in [2.75, 3.05) is 12.3 Å². The molecule has 18 heavy (non-hydrogen) atoms. The van der Waals surface area contributed by atoms with E-state index in [1.54, 1.807) is 4.68 Å². The normalized spacial score (nSPS) is 14.1. The van der Waals surface area contributed by atoms with Gasteiger partial charge in [-0.3, -0.25) is 0 Å². The highest BCUT2D eigenvalue weighted by Crippen LogP contribution is 2.09. The van der Waals surface area contributed by atoms with Crippen molar-refractivity contribution in [1.82, 2.24) is 14.8 Å². The number of hydrogen-bond donors (Lipinski definition) is 1. The SMILES string of the molecule is CC(C)Cn1ncnc1CS(=O)(=O)CC(C)CN. The summed E-state index contributed by atoms with van der Waals surface area (Å²) < 4.78 is 25.6. The van der Waals surface area contributed by atoms with E-state index in [0.29, 0.717) is 24.8 Å². The third-order valence-corrected chi connectivity index (χ3v) is 4.30. The van der Waals surface area contributed by atoms with E-state index < -0.39 is 9.84 Å². The highest BCUT2D eigenvalue weighted by atomic mass is 32.2. The molecule has 1 rings (SSSR count). The average molecular weight is 274 g/mol. The van der Waals surface area contributed by atoms with Crippen molar-refractivity contribution in [2.24, 2.45) is 17.6 Å². The number of aromatic nitrogens is 3. The second kappa shape index (κ2) is 6.29. The minimum absolute atomic E-state index is 0.0310. The van der Waals surface area contributed by atoms with Gasteiger partial charge in [-0.2, -0.15) is 5.10 Å². The summed E-state index contributed by atoms with van der Waals surface area (Å²) in [7, 11) is -3.18. The molecule has 7 heteroatoms. The topological polar surface area (TPSA) is 90.9 Å². The van der Waals surface area contributed by atoms with Crippen LogP contribution in [0.15, 0.2) is 6.33 Å². The minimum atomic E-state index is -3.18. The zero-order valence-electron chi connectivity index (χ0n) is 11.2. The fourth-order valence-electron chi connectivity index (χ4n) is 1.66. The first-order chi connectivity index (χ1) is 8.34. The Labute approximate surface area is 109 Å². The molecule has 0 bridgehead atoms. The van der Waals surface area contributed by atoms with E-state index in [9.17, 15) is 8.42 Å². The van der Waals surface area contributed by atoms with Crippen LogP contribution in [0.25, 0.3) is 0 Å². The summed E-state index contributed by atoms with van der Waals surface area (Å²) in [5, 5.41) is 4.06. The Morgan fingerprint density at radius 3 is 2.61 bits per heavy atom. The summed E-state index contributed by atoms with van der Waals surface area (Å²) in [6.45, 7) is 6.98. The van der Waals surface area contributed by atoms with Gasteiger partial charge >= 0.3 is 0 Å². The van der Waals surface area contributed by atoms with Crippen LogP contribution in [0, 0.1) is 11.8 Å². The van der Waals surface area contributed by atoms with Crippen LogP contribution in [-0.2, 0) is 22.1 Å². The number of nitrogens with two attached hydrogens (primary N) is 1. The second-order valence-corrected chi connectivity index (χ2v) is 7.26. The zero-order valence-corrected chi connectivity index (χ0v) is 12.0. The molecule has 104 valence electrons. The Bertz CT molecular complexity index is 467. The lowest BCUT2D eigenvalue weighted by atomic mass is 10.2. The smallest absolute Gasteiger partial charge is 0.157 e. The van der Waals surface area contributed by atoms with Crippen molar-refractivity contribution in [3.05, 3.63) is 12.2 Å². The van der Waals surface area contributed by atoms with Gasteiger partial charge in [0.25, 0.3) is 0 Å². The van der Waals surface area contributed by atoms with Crippen LogP contribution in [0.1, 0.15) is 26.6 Å². The summed E-state index contributed by atoms with van der Waals surface area (Å²) in [6, 6.07) is 0. The van der Waals surface area contributed by atoms with Crippen molar-refractivity contribution < 1.29 is 8.42 Å². The van der Waals surface area contributed by atoms with Crippen LogP contribution in [0.2, 0.25) is 0 Å². The molecule has 2 N–H and O–H groups in total. The zero-order chi connectivity index (χ0) is 13.8. The Hall–Kier alpha value is -0.950. The van der Waals surface area contributed by atoms with Gasteiger partial charge in [0.1, 0.15) is 17.9 Å². The van der Waals surface area contributed by atoms with Crippen molar-refractivity contribution in [1.29, 1.82) is 0 Å². The lowest BCUT2D eigenvalue weighted by molar-refractivity contribution is 0.469. The second-order valence-electron chi connectivity index (χ2n) is 5.15. The molecule has 0 spiro atoms. The molecule has 1 atom stereocenters. The third kappa shape index (κ3) is 4.73. The van der Waals surface area contributed by atoms with E-state index in [1.807, 2.05) is 6.92 Å². The first-order valence-electron chi connectivity index (χ1n) is 6.11. The summed E-state index contributed by atoms with van der Waals surface area (Å²) in [5.74, 6) is 0.905. The van der Waals surface area contributed by atoms with Crippen LogP contribution < -0.4 is 5.73 Å². The molecular formula is C11H22N4O2S. The van der Waals surface area contributed by atoms with Crippen molar-refractivity contribution in [3.8, 4) is 0 Å². The lowest BCUT2D eigenvalue weighted by Crippen LogP contribution is -2.23. The fraction of sp³-hybridized carbons (Fsp3) is 0.818. The quantitative estimate of drug-likeness (QED) is 0.779. The Morgan fingerprint density at radius 1 is 1.39 bits per heavy atom. The summed E-state index contributed by atoms with van der Waals surface area (Å²) in [4.78, 5) is 4.03. The summed E-state index contributed by atoms with van der Waals surface area (Å²) >= 11 is 0. The maximum Gasteiger partial charge on any atom is 0.157 e. The van der Waals surface area contributed by atoms with Crippen LogP contribution in [-0.4, -0.2) is 35.5 Å². The number of hydrogen-bond acceptors (Lipinski definition) is 5. The average Bonchev–Trinajstić information content (AvgIpc) is 2.63. The van der Waals surface area contributed by atoms with E-state index >= 15 is 0 Å². The van der Waals surface area contributed by atoms with Crippen LogP contribution >= 0.6 is 0 Å². The number of nitrogens with zero attached hydrogens (tertiary/aromatic N) is 3. The van der Waals surface area contributed by atoms with Gasteiger partial charge in [-0.15, -0.1) is 0 Å². The van der Waals surface area contributed by atoms with Gasteiger partial charge in [-0.1, -0.05) is 20.8 Å². The largest absolute Gasteiger partial charge is 0.330 e. The molecule has 1 heterocycles. The molecule has 0 aliphatic rings. The van der Waals surface area contributed by atoms with Gasteiger partial charge in [0, 0.05) is 6.54 Å². The van der Waals surface area contributed by atoms with E-state index in [4.69, 9.17) is 5.73 Å². The Morgan fingerprint density at radius 2 is 2.06 bits per heavy atom. The van der Waals surface area contributed by atoms with Crippen molar-refractivity contribution >= 4 is 9.84 Å². The maximum absolute atomic E-state index is 12.0. The molecule has 0 saturated carbocycles. The molecule has 0 fully saturated rings. The van der Waals surface area contributed by atoms with Gasteiger partial charge in [-0.25, -0.2) is 18.1 Å². The molecule has 1 aromatic heterocycles. The molecule has 0 saturated heterocycles. The first-order valence-corrected chi connectivity index (χ1v) is 7.93. The monoisotopic (exact) mass is 274 g/mol. The molecule has 0 radical (unpaired) electrons. The van der Waals surface area contributed by atoms with Gasteiger partial charge < -0.3 is 5.73 Å². The molecule has 0 aromatic carbocycles.